The van der Waals surface area contributed by atoms with Crippen molar-refractivity contribution in [3.63, 3.8) is 0 Å². The maximum Gasteiger partial charge on any atom is 0.153 e. The number of nitrogens with one attached hydrogen (secondary N) is 1. The van der Waals surface area contributed by atoms with Crippen LogP contribution in [0.2, 0.25) is 0 Å². The van der Waals surface area contributed by atoms with E-state index in [0.29, 0.717) is 12.6 Å². The van der Waals surface area contributed by atoms with Crippen molar-refractivity contribution in [1.82, 2.24) is 5.32 Å². The predicted molar refractivity (Wildman–Crippen MR) is 60.2 cm³/mol. The van der Waals surface area contributed by atoms with Crippen molar-refractivity contribution in [3.8, 4) is 0 Å². The first kappa shape index (κ1) is 13.4. The van der Waals surface area contributed by atoms with Crippen LogP contribution >= 0.6 is 15.9 Å². The highest BCUT2D eigenvalue weighted by molar-refractivity contribution is 9.09. The van der Waals surface area contributed by atoms with Gasteiger partial charge in [-0.05, 0) is 20.8 Å². The zero-order valence-electron chi connectivity index (χ0n) is 8.38. The van der Waals surface area contributed by atoms with Crippen molar-refractivity contribution < 1.29 is 8.42 Å². The minimum atomic E-state index is -2.88. The van der Waals surface area contributed by atoms with E-state index in [1.165, 1.54) is 0 Å². The lowest BCUT2D eigenvalue weighted by atomic mass is 10.4. The Morgan fingerprint density at radius 3 is 2.23 bits per heavy atom. The molecule has 0 saturated carbocycles. The van der Waals surface area contributed by atoms with E-state index >= 15 is 0 Å². The summed E-state index contributed by atoms with van der Waals surface area (Å²) in [7, 11) is -2.88. The molecule has 1 unspecified atom stereocenters. The fourth-order valence-electron chi connectivity index (χ4n) is 0.738. The number of sulfone groups is 1. The van der Waals surface area contributed by atoms with Crippen LogP contribution in [0, 0.1) is 0 Å². The molecule has 0 aromatic carbocycles. The lowest BCUT2D eigenvalue weighted by Crippen LogP contribution is -2.33. The van der Waals surface area contributed by atoms with E-state index in [4.69, 9.17) is 0 Å². The van der Waals surface area contributed by atoms with E-state index in [1.807, 2.05) is 6.92 Å². The predicted octanol–water partition coefficient (Wildman–Crippen LogP) is 1.18. The fourth-order valence-corrected chi connectivity index (χ4v) is 1.84. The fraction of sp³-hybridized carbons (Fsp3) is 1.00. The SMILES string of the molecule is CC(CBr)NCCS(=O)(=O)C(C)C. The molecule has 0 amide bonds. The Labute approximate surface area is 89.3 Å². The molecule has 0 aromatic rings. The topological polar surface area (TPSA) is 46.2 Å². The lowest BCUT2D eigenvalue weighted by Gasteiger charge is -2.11. The summed E-state index contributed by atoms with van der Waals surface area (Å²) in [5.74, 6) is 0.224. The molecular formula is C8H18BrNO2S. The van der Waals surface area contributed by atoms with Gasteiger partial charge in [-0.15, -0.1) is 0 Å². The van der Waals surface area contributed by atoms with Gasteiger partial charge in [0.25, 0.3) is 0 Å². The molecule has 0 heterocycles. The molecule has 3 nitrogen and oxygen atoms in total. The summed E-state index contributed by atoms with van der Waals surface area (Å²) in [6.07, 6.45) is 0. The first-order valence-electron chi connectivity index (χ1n) is 4.41. The maximum absolute atomic E-state index is 11.3. The Hall–Kier alpha value is 0.390. The standard InChI is InChI=1S/C8H18BrNO2S/c1-7(2)13(11,12)5-4-10-8(3)6-9/h7-8,10H,4-6H2,1-3H3. The van der Waals surface area contributed by atoms with E-state index in [2.05, 4.69) is 21.2 Å². The minimum absolute atomic E-state index is 0.224. The number of alkyl halides is 1. The molecule has 1 N–H and O–H groups in total. The molecule has 80 valence electrons. The molecule has 0 spiro atoms. The molecule has 0 rings (SSSR count). The normalized spacial score (nSPS) is 14.8. The smallest absolute Gasteiger partial charge is 0.153 e. The number of hydrogen-bond acceptors (Lipinski definition) is 3. The molecular weight excluding hydrogens is 254 g/mol. The van der Waals surface area contributed by atoms with Crippen molar-refractivity contribution in [2.45, 2.75) is 32.1 Å². The second kappa shape index (κ2) is 5.98. The average Bonchev–Trinajstić information content (AvgIpc) is 2.03. The zero-order valence-corrected chi connectivity index (χ0v) is 10.8. The Kier molecular flexibility index (Phi) is 6.16. The molecule has 1 atom stereocenters. The summed E-state index contributed by atoms with van der Waals surface area (Å²) >= 11 is 3.31. The maximum atomic E-state index is 11.3. The monoisotopic (exact) mass is 271 g/mol. The summed E-state index contributed by atoms with van der Waals surface area (Å²) < 4.78 is 22.7. The van der Waals surface area contributed by atoms with Gasteiger partial charge in [0.05, 0.1) is 11.0 Å². The molecule has 0 fully saturated rings. The largest absolute Gasteiger partial charge is 0.312 e. The third-order valence-electron chi connectivity index (χ3n) is 1.83. The molecule has 0 aliphatic rings. The molecule has 0 radical (unpaired) electrons. The van der Waals surface area contributed by atoms with Gasteiger partial charge >= 0.3 is 0 Å². The minimum Gasteiger partial charge on any atom is -0.312 e. The van der Waals surface area contributed by atoms with Gasteiger partial charge in [0.1, 0.15) is 0 Å². The van der Waals surface area contributed by atoms with Gasteiger partial charge in [-0.1, -0.05) is 15.9 Å². The second-order valence-electron chi connectivity index (χ2n) is 3.43. The van der Waals surface area contributed by atoms with Crippen LogP contribution in [-0.4, -0.2) is 37.3 Å². The Bertz CT molecular complexity index is 226. The highest BCUT2D eigenvalue weighted by Crippen LogP contribution is 1.99. The van der Waals surface area contributed by atoms with Crippen LogP contribution in [0.4, 0.5) is 0 Å². The highest BCUT2D eigenvalue weighted by atomic mass is 79.9. The van der Waals surface area contributed by atoms with Crippen LogP contribution in [-0.2, 0) is 9.84 Å². The molecule has 0 aliphatic carbocycles. The van der Waals surface area contributed by atoms with Gasteiger partial charge in [0.2, 0.25) is 0 Å². The van der Waals surface area contributed by atoms with Crippen LogP contribution in [0.15, 0.2) is 0 Å². The van der Waals surface area contributed by atoms with Crippen LogP contribution in [0.25, 0.3) is 0 Å². The third-order valence-corrected chi connectivity index (χ3v) is 5.01. The van der Waals surface area contributed by atoms with E-state index in [9.17, 15) is 8.42 Å². The summed E-state index contributed by atoms with van der Waals surface area (Å²) in [5, 5.41) is 3.69. The van der Waals surface area contributed by atoms with E-state index in [0.717, 1.165) is 5.33 Å². The average molecular weight is 272 g/mol. The quantitative estimate of drug-likeness (QED) is 0.739. The third kappa shape index (κ3) is 5.65. The van der Waals surface area contributed by atoms with Gasteiger partial charge in [-0.25, -0.2) is 8.42 Å². The number of halogens is 1. The van der Waals surface area contributed by atoms with Crippen molar-refractivity contribution in [2.24, 2.45) is 0 Å². The lowest BCUT2D eigenvalue weighted by molar-refractivity contribution is 0.573. The summed E-state index contributed by atoms with van der Waals surface area (Å²) in [6, 6.07) is 0.322. The van der Waals surface area contributed by atoms with E-state index < -0.39 is 9.84 Å². The summed E-state index contributed by atoms with van der Waals surface area (Å²) in [4.78, 5) is 0. The number of rotatable bonds is 6. The van der Waals surface area contributed by atoms with E-state index in [-0.39, 0.29) is 11.0 Å². The van der Waals surface area contributed by atoms with Crippen molar-refractivity contribution in [3.05, 3.63) is 0 Å². The Morgan fingerprint density at radius 1 is 1.31 bits per heavy atom. The zero-order chi connectivity index (χ0) is 10.5. The first-order chi connectivity index (χ1) is 5.90. The van der Waals surface area contributed by atoms with Gasteiger partial charge in [-0.2, -0.15) is 0 Å². The molecule has 0 bridgehead atoms. The van der Waals surface area contributed by atoms with Crippen LogP contribution in [0.3, 0.4) is 0 Å². The van der Waals surface area contributed by atoms with Gasteiger partial charge in [0, 0.05) is 17.9 Å². The van der Waals surface area contributed by atoms with Crippen LogP contribution in [0.1, 0.15) is 20.8 Å². The summed E-state index contributed by atoms with van der Waals surface area (Å²) in [5.41, 5.74) is 0. The molecule has 13 heavy (non-hydrogen) atoms. The second-order valence-corrected chi connectivity index (χ2v) is 6.75. The van der Waals surface area contributed by atoms with Crippen LogP contribution in [0.5, 0.6) is 0 Å². The van der Waals surface area contributed by atoms with Crippen molar-refractivity contribution >= 4 is 25.8 Å². The number of hydrogen-bond donors (Lipinski definition) is 1. The molecule has 0 saturated heterocycles. The van der Waals surface area contributed by atoms with Gasteiger partial charge in [-0.3, -0.25) is 0 Å². The first-order valence-corrected chi connectivity index (χ1v) is 7.24. The Balaban J connectivity index is 3.78. The Morgan fingerprint density at radius 2 is 1.85 bits per heavy atom. The highest BCUT2D eigenvalue weighted by Gasteiger charge is 2.15. The van der Waals surface area contributed by atoms with Gasteiger partial charge in [0.15, 0.2) is 9.84 Å². The van der Waals surface area contributed by atoms with Crippen LogP contribution < -0.4 is 5.32 Å². The van der Waals surface area contributed by atoms with Crippen molar-refractivity contribution in [1.29, 1.82) is 0 Å². The van der Waals surface area contributed by atoms with E-state index in [1.54, 1.807) is 13.8 Å². The van der Waals surface area contributed by atoms with Gasteiger partial charge < -0.3 is 5.32 Å². The molecule has 0 aromatic heterocycles. The molecule has 5 heteroatoms. The summed E-state index contributed by atoms with van der Waals surface area (Å²) in [6.45, 7) is 5.97. The van der Waals surface area contributed by atoms with Crippen molar-refractivity contribution in [2.75, 3.05) is 17.6 Å². The molecule has 0 aliphatic heterocycles.